The number of aliphatic hydroxyl groups excluding tert-OH is 1. The van der Waals surface area contributed by atoms with E-state index in [2.05, 4.69) is 36.5 Å². The molecule has 0 saturated carbocycles. The van der Waals surface area contributed by atoms with Gasteiger partial charge in [-0.3, -0.25) is 0 Å². The molecule has 0 bridgehead atoms. The predicted octanol–water partition coefficient (Wildman–Crippen LogP) is 2.58. The Kier molecular flexibility index (Phi) is 6.88. The van der Waals surface area contributed by atoms with Crippen LogP contribution in [-0.2, 0) is 15.4 Å². The quantitative estimate of drug-likeness (QED) is 0.793. The smallest absolute Gasteiger partial charge is 0.240 e. The van der Waals surface area contributed by atoms with Crippen LogP contribution in [0.5, 0.6) is 0 Å². The van der Waals surface area contributed by atoms with Crippen molar-refractivity contribution in [2.24, 2.45) is 5.92 Å². The number of likely N-dealkylation sites (tertiary alicyclic amines) is 1. The van der Waals surface area contributed by atoms with E-state index in [0.29, 0.717) is 23.9 Å². The van der Waals surface area contributed by atoms with E-state index in [0.717, 1.165) is 42.6 Å². The third-order valence-electron chi connectivity index (χ3n) is 5.36. The van der Waals surface area contributed by atoms with Gasteiger partial charge in [0, 0.05) is 26.2 Å². The van der Waals surface area contributed by atoms with Crippen molar-refractivity contribution in [2.75, 3.05) is 32.8 Å². The highest BCUT2D eigenvalue weighted by molar-refractivity contribution is 7.89. The van der Waals surface area contributed by atoms with Crippen LogP contribution in [0, 0.1) is 19.8 Å². The van der Waals surface area contributed by atoms with Crippen LogP contribution in [0.3, 0.4) is 0 Å². The van der Waals surface area contributed by atoms with Crippen molar-refractivity contribution < 1.29 is 13.5 Å². The molecular weight excluding hydrogens is 348 g/mol. The average molecular weight is 383 g/mol. The molecular formula is C20H34N2O3S. The number of piperidine rings is 1. The normalized spacial score (nSPS) is 19.7. The van der Waals surface area contributed by atoms with Crippen LogP contribution in [0.2, 0.25) is 0 Å². The van der Waals surface area contributed by atoms with E-state index in [4.69, 9.17) is 0 Å². The maximum atomic E-state index is 12.9. The van der Waals surface area contributed by atoms with E-state index in [1.54, 1.807) is 0 Å². The van der Waals surface area contributed by atoms with Gasteiger partial charge >= 0.3 is 0 Å². The first kappa shape index (κ1) is 21.4. The molecule has 1 aliphatic heterocycles. The molecule has 0 radical (unpaired) electrons. The molecule has 1 aromatic rings. The third-order valence-corrected chi connectivity index (χ3v) is 6.94. The van der Waals surface area contributed by atoms with E-state index in [1.807, 2.05) is 19.9 Å². The second kappa shape index (κ2) is 8.38. The van der Waals surface area contributed by atoms with Gasteiger partial charge in [-0.25, -0.2) is 13.1 Å². The molecule has 26 heavy (non-hydrogen) atoms. The minimum absolute atomic E-state index is 0.101. The maximum Gasteiger partial charge on any atom is 0.240 e. The lowest BCUT2D eigenvalue weighted by molar-refractivity contribution is 0.122. The second-order valence-electron chi connectivity index (χ2n) is 8.56. The molecule has 0 spiro atoms. The van der Waals surface area contributed by atoms with E-state index >= 15 is 0 Å². The maximum absolute atomic E-state index is 12.9. The highest BCUT2D eigenvalue weighted by atomic mass is 32.2. The van der Waals surface area contributed by atoms with Gasteiger partial charge < -0.3 is 10.0 Å². The predicted molar refractivity (Wildman–Crippen MR) is 106 cm³/mol. The Morgan fingerprint density at radius 3 is 2.58 bits per heavy atom. The fraction of sp³-hybridized carbons (Fsp3) is 0.700. The Morgan fingerprint density at radius 1 is 1.27 bits per heavy atom. The highest BCUT2D eigenvalue weighted by Crippen LogP contribution is 2.29. The summed E-state index contributed by atoms with van der Waals surface area (Å²) >= 11 is 0. The Labute approximate surface area is 158 Å². The van der Waals surface area contributed by atoms with Gasteiger partial charge in [-0.15, -0.1) is 0 Å². The van der Waals surface area contributed by atoms with Crippen LogP contribution < -0.4 is 4.72 Å². The molecule has 1 aromatic carbocycles. The number of benzene rings is 1. The molecule has 0 amide bonds. The van der Waals surface area contributed by atoms with Crippen molar-refractivity contribution in [1.82, 2.24) is 9.62 Å². The summed E-state index contributed by atoms with van der Waals surface area (Å²) in [5.41, 5.74) is 2.74. The molecule has 2 rings (SSSR count). The molecule has 5 nitrogen and oxygen atoms in total. The van der Waals surface area contributed by atoms with E-state index in [1.165, 1.54) is 0 Å². The molecule has 0 aliphatic carbocycles. The van der Waals surface area contributed by atoms with E-state index < -0.39 is 10.0 Å². The fourth-order valence-corrected chi connectivity index (χ4v) is 4.82. The largest absolute Gasteiger partial charge is 0.396 e. The number of aryl methyl sites for hydroxylation is 1. The summed E-state index contributed by atoms with van der Waals surface area (Å²) in [5, 5.41) is 9.32. The van der Waals surface area contributed by atoms with Crippen molar-refractivity contribution in [1.29, 1.82) is 0 Å². The zero-order chi connectivity index (χ0) is 19.5. The van der Waals surface area contributed by atoms with Gasteiger partial charge in [0.2, 0.25) is 10.0 Å². The summed E-state index contributed by atoms with van der Waals surface area (Å²) in [7, 11) is -3.54. The summed E-state index contributed by atoms with van der Waals surface area (Å²) in [6.45, 7) is 13.2. The number of nitrogens with zero attached hydrogens (tertiary/aromatic N) is 1. The van der Waals surface area contributed by atoms with Gasteiger partial charge in [0.25, 0.3) is 0 Å². The first-order valence-corrected chi connectivity index (χ1v) is 11.0. The van der Waals surface area contributed by atoms with Crippen LogP contribution in [0.15, 0.2) is 17.0 Å². The lowest BCUT2D eigenvalue weighted by atomic mass is 9.85. The molecule has 1 heterocycles. The summed E-state index contributed by atoms with van der Waals surface area (Å²) in [6.07, 6.45) is 2.11. The van der Waals surface area contributed by atoms with Crippen LogP contribution >= 0.6 is 0 Å². The second-order valence-corrected chi connectivity index (χ2v) is 10.3. The molecule has 1 saturated heterocycles. The number of nitrogens with one attached hydrogen (secondary N) is 1. The molecule has 1 fully saturated rings. The topological polar surface area (TPSA) is 69.6 Å². The van der Waals surface area contributed by atoms with Gasteiger partial charge in [-0.2, -0.15) is 0 Å². The first-order valence-electron chi connectivity index (χ1n) is 9.49. The Hall–Kier alpha value is -0.950. The first-order chi connectivity index (χ1) is 12.0. The summed E-state index contributed by atoms with van der Waals surface area (Å²) in [5.74, 6) is 0.314. The SMILES string of the molecule is Cc1cc(C(C)(C)C)cc(S(=O)(=O)NCCN2CCC[C@H](CO)C2)c1C. The van der Waals surface area contributed by atoms with E-state index in [-0.39, 0.29) is 12.0 Å². The molecule has 1 atom stereocenters. The van der Waals surface area contributed by atoms with Gasteiger partial charge in [0.15, 0.2) is 0 Å². The van der Waals surface area contributed by atoms with Gasteiger partial charge in [0.05, 0.1) is 4.90 Å². The summed E-state index contributed by atoms with van der Waals surface area (Å²) in [4.78, 5) is 2.62. The number of rotatable bonds is 6. The molecule has 2 N–H and O–H groups in total. The monoisotopic (exact) mass is 382 g/mol. The highest BCUT2D eigenvalue weighted by Gasteiger charge is 2.24. The lowest BCUT2D eigenvalue weighted by Gasteiger charge is -2.31. The zero-order valence-corrected chi connectivity index (χ0v) is 17.6. The molecule has 148 valence electrons. The van der Waals surface area contributed by atoms with Crippen LogP contribution in [0.1, 0.15) is 50.3 Å². The van der Waals surface area contributed by atoms with Crippen LogP contribution in [0.4, 0.5) is 0 Å². The van der Waals surface area contributed by atoms with Crippen LogP contribution in [0.25, 0.3) is 0 Å². The summed E-state index contributed by atoms with van der Waals surface area (Å²) < 4.78 is 28.5. The van der Waals surface area contributed by atoms with Gasteiger partial charge in [0.1, 0.15) is 0 Å². The number of sulfonamides is 1. The minimum atomic E-state index is -3.54. The van der Waals surface area contributed by atoms with E-state index in [9.17, 15) is 13.5 Å². The number of hydrogen-bond donors (Lipinski definition) is 2. The standard InChI is InChI=1S/C20H34N2O3S/c1-15-11-18(20(3,4)5)12-19(16(15)2)26(24,25)21-8-10-22-9-6-7-17(13-22)14-23/h11-12,17,21,23H,6-10,13-14H2,1-5H3/t17-/m0/s1. The molecule has 6 heteroatoms. The number of aliphatic hydroxyl groups is 1. The lowest BCUT2D eigenvalue weighted by Crippen LogP contribution is -2.41. The molecule has 0 unspecified atom stereocenters. The third kappa shape index (κ3) is 5.28. The van der Waals surface area contributed by atoms with Crippen molar-refractivity contribution in [3.63, 3.8) is 0 Å². The Morgan fingerprint density at radius 2 is 1.96 bits per heavy atom. The molecule has 0 aromatic heterocycles. The van der Waals surface area contributed by atoms with Crippen molar-refractivity contribution in [3.8, 4) is 0 Å². The fourth-order valence-electron chi connectivity index (χ4n) is 3.46. The zero-order valence-electron chi connectivity index (χ0n) is 16.8. The molecule has 1 aliphatic rings. The Balaban J connectivity index is 2.09. The van der Waals surface area contributed by atoms with Crippen molar-refractivity contribution >= 4 is 10.0 Å². The average Bonchev–Trinajstić information content (AvgIpc) is 2.56. The minimum Gasteiger partial charge on any atom is -0.396 e. The van der Waals surface area contributed by atoms with Crippen LogP contribution in [-0.4, -0.2) is 51.2 Å². The van der Waals surface area contributed by atoms with Crippen molar-refractivity contribution in [3.05, 3.63) is 28.8 Å². The van der Waals surface area contributed by atoms with Gasteiger partial charge in [-0.1, -0.05) is 26.8 Å². The van der Waals surface area contributed by atoms with Crippen molar-refractivity contribution in [2.45, 2.75) is 57.8 Å². The van der Waals surface area contributed by atoms with Gasteiger partial charge in [-0.05, 0) is 67.3 Å². The Bertz CT molecular complexity index is 723. The summed E-state index contributed by atoms with van der Waals surface area (Å²) in [6, 6.07) is 3.89. The number of hydrogen-bond acceptors (Lipinski definition) is 4.